The number of aromatic nitrogens is 2. The zero-order valence-electron chi connectivity index (χ0n) is 13.9. The Bertz CT molecular complexity index is 845. The number of pyridine rings is 1. The highest BCUT2D eigenvalue weighted by molar-refractivity contribution is 5.76. The highest BCUT2D eigenvalue weighted by atomic mass is 19.1. The molecule has 0 atom stereocenters. The second-order valence-corrected chi connectivity index (χ2v) is 6.73. The summed E-state index contributed by atoms with van der Waals surface area (Å²) in [5.41, 5.74) is 3.94. The summed E-state index contributed by atoms with van der Waals surface area (Å²) in [7, 11) is 0. The maximum atomic E-state index is 13.3. The summed E-state index contributed by atoms with van der Waals surface area (Å²) in [5.74, 6) is 0.798. The molecule has 2 heterocycles. The molecule has 1 aliphatic carbocycles. The van der Waals surface area contributed by atoms with Crippen molar-refractivity contribution >= 4 is 11.5 Å². The lowest BCUT2D eigenvalue weighted by atomic mass is 9.95. The predicted molar refractivity (Wildman–Crippen MR) is 95.8 cm³/mol. The molecule has 4 rings (SSSR count). The van der Waals surface area contributed by atoms with Crippen LogP contribution in [0.1, 0.15) is 37.7 Å². The van der Waals surface area contributed by atoms with Gasteiger partial charge in [-0.05, 0) is 55.7 Å². The number of imidazole rings is 1. The van der Waals surface area contributed by atoms with Crippen LogP contribution in [0, 0.1) is 12.7 Å². The summed E-state index contributed by atoms with van der Waals surface area (Å²) >= 11 is 0. The average molecular weight is 323 g/mol. The lowest BCUT2D eigenvalue weighted by Gasteiger charge is -2.24. The minimum atomic E-state index is -0.222. The molecule has 1 fully saturated rings. The van der Waals surface area contributed by atoms with E-state index in [2.05, 4.69) is 28.9 Å². The standard InChI is InChI=1S/C20H22FN3/c1-14-7-12-18-23-19(15-8-10-16(21)11-9-15)20(24(18)13-14)22-17-5-3-2-4-6-17/h7-13,17,22H,2-6H2,1H3. The summed E-state index contributed by atoms with van der Waals surface area (Å²) in [6.07, 6.45) is 8.39. The van der Waals surface area contributed by atoms with Crippen molar-refractivity contribution in [3.05, 3.63) is 54.0 Å². The van der Waals surface area contributed by atoms with Crippen LogP contribution in [0.3, 0.4) is 0 Å². The van der Waals surface area contributed by atoms with Crippen LogP contribution in [0.4, 0.5) is 10.2 Å². The van der Waals surface area contributed by atoms with Crippen molar-refractivity contribution in [1.82, 2.24) is 9.38 Å². The van der Waals surface area contributed by atoms with Gasteiger partial charge in [-0.15, -0.1) is 0 Å². The van der Waals surface area contributed by atoms with E-state index in [9.17, 15) is 4.39 Å². The maximum absolute atomic E-state index is 13.3. The van der Waals surface area contributed by atoms with E-state index in [0.717, 1.165) is 22.7 Å². The molecule has 0 aliphatic heterocycles. The number of nitrogens with one attached hydrogen (secondary N) is 1. The van der Waals surface area contributed by atoms with Crippen LogP contribution in [0.25, 0.3) is 16.9 Å². The van der Waals surface area contributed by atoms with Crippen LogP contribution >= 0.6 is 0 Å². The minimum Gasteiger partial charge on any atom is -0.367 e. The summed E-state index contributed by atoms with van der Waals surface area (Å²) in [5, 5.41) is 3.72. The molecule has 1 saturated carbocycles. The van der Waals surface area contributed by atoms with Gasteiger partial charge in [-0.25, -0.2) is 9.37 Å². The van der Waals surface area contributed by atoms with E-state index in [4.69, 9.17) is 4.98 Å². The molecule has 2 aromatic heterocycles. The van der Waals surface area contributed by atoms with Gasteiger partial charge in [0.15, 0.2) is 0 Å². The summed E-state index contributed by atoms with van der Waals surface area (Å²) in [4.78, 5) is 4.80. The van der Waals surface area contributed by atoms with Crippen molar-refractivity contribution in [3.8, 4) is 11.3 Å². The number of rotatable bonds is 3. The van der Waals surface area contributed by atoms with Crippen LogP contribution in [0.5, 0.6) is 0 Å². The van der Waals surface area contributed by atoms with Crippen LogP contribution < -0.4 is 5.32 Å². The third-order valence-corrected chi connectivity index (χ3v) is 4.83. The molecule has 0 spiro atoms. The maximum Gasteiger partial charge on any atom is 0.139 e. The Kier molecular flexibility index (Phi) is 3.97. The van der Waals surface area contributed by atoms with Gasteiger partial charge in [0.25, 0.3) is 0 Å². The smallest absolute Gasteiger partial charge is 0.139 e. The second kappa shape index (κ2) is 6.27. The van der Waals surface area contributed by atoms with Crippen molar-refractivity contribution in [2.75, 3.05) is 5.32 Å². The van der Waals surface area contributed by atoms with Crippen LogP contribution in [0.15, 0.2) is 42.6 Å². The first-order valence-corrected chi connectivity index (χ1v) is 8.72. The number of fused-ring (bicyclic) bond motifs is 1. The molecular weight excluding hydrogens is 301 g/mol. The Morgan fingerprint density at radius 3 is 2.54 bits per heavy atom. The lowest BCUT2D eigenvalue weighted by Crippen LogP contribution is -2.23. The molecule has 1 aliphatic rings. The number of benzene rings is 1. The molecule has 0 saturated heterocycles. The molecule has 4 heteroatoms. The van der Waals surface area contributed by atoms with Gasteiger partial charge in [0, 0.05) is 17.8 Å². The van der Waals surface area contributed by atoms with Crippen LogP contribution in [-0.2, 0) is 0 Å². The van der Waals surface area contributed by atoms with Gasteiger partial charge in [0.05, 0.1) is 0 Å². The normalized spacial score (nSPS) is 15.8. The summed E-state index contributed by atoms with van der Waals surface area (Å²) in [6.45, 7) is 2.08. The average Bonchev–Trinajstić information content (AvgIpc) is 2.94. The Morgan fingerprint density at radius 2 is 1.79 bits per heavy atom. The Balaban J connectivity index is 1.81. The van der Waals surface area contributed by atoms with E-state index in [-0.39, 0.29) is 5.82 Å². The third-order valence-electron chi connectivity index (χ3n) is 4.83. The molecule has 1 N–H and O–H groups in total. The first kappa shape index (κ1) is 15.2. The molecular formula is C20H22FN3. The molecule has 124 valence electrons. The van der Waals surface area contributed by atoms with Crippen molar-refractivity contribution in [2.24, 2.45) is 0 Å². The predicted octanol–water partition coefficient (Wildman–Crippen LogP) is 5.19. The Hall–Kier alpha value is -2.36. The third kappa shape index (κ3) is 2.88. The van der Waals surface area contributed by atoms with Gasteiger partial charge in [-0.3, -0.25) is 4.40 Å². The zero-order valence-corrected chi connectivity index (χ0v) is 13.9. The fraction of sp³-hybridized carbons (Fsp3) is 0.350. The summed E-state index contributed by atoms with van der Waals surface area (Å²) < 4.78 is 15.4. The molecule has 1 aromatic carbocycles. The highest BCUT2D eigenvalue weighted by Crippen LogP contribution is 2.31. The lowest BCUT2D eigenvalue weighted by molar-refractivity contribution is 0.461. The monoisotopic (exact) mass is 323 g/mol. The highest BCUT2D eigenvalue weighted by Gasteiger charge is 2.19. The SMILES string of the molecule is Cc1ccc2nc(-c3ccc(F)cc3)c(NC3CCCCC3)n2c1. The van der Waals surface area contributed by atoms with Crippen LogP contribution in [-0.4, -0.2) is 15.4 Å². The van der Waals surface area contributed by atoms with Gasteiger partial charge >= 0.3 is 0 Å². The molecule has 0 bridgehead atoms. The number of aryl methyl sites for hydroxylation is 1. The fourth-order valence-electron chi connectivity index (χ4n) is 3.54. The molecule has 0 unspecified atom stereocenters. The van der Waals surface area contributed by atoms with Crippen molar-refractivity contribution in [2.45, 2.75) is 45.1 Å². The van der Waals surface area contributed by atoms with Gasteiger partial charge in [0.2, 0.25) is 0 Å². The Labute approximate surface area is 141 Å². The molecule has 24 heavy (non-hydrogen) atoms. The number of hydrogen-bond donors (Lipinski definition) is 1. The summed E-state index contributed by atoms with van der Waals surface area (Å²) in [6, 6.07) is 11.2. The molecule has 0 radical (unpaired) electrons. The number of halogens is 1. The number of nitrogens with zero attached hydrogens (tertiary/aromatic N) is 2. The molecule has 0 amide bonds. The fourth-order valence-corrected chi connectivity index (χ4v) is 3.54. The van der Waals surface area contributed by atoms with Crippen molar-refractivity contribution < 1.29 is 4.39 Å². The largest absolute Gasteiger partial charge is 0.367 e. The molecule has 3 aromatic rings. The van der Waals surface area contributed by atoms with Crippen LogP contribution in [0.2, 0.25) is 0 Å². The zero-order chi connectivity index (χ0) is 16.5. The van der Waals surface area contributed by atoms with E-state index in [1.165, 1.54) is 49.8 Å². The van der Waals surface area contributed by atoms with E-state index >= 15 is 0 Å². The first-order valence-electron chi connectivity index (χ1n) is 8.72. The van der Waals surface area contributed by atoms with Crippen molar-refractivity contribution in [3.63, 3.8) is 0 Å². The Morgan fingerprint density at radius 1 is 1.04 bits per heavy atom. The topological polar surface area (TPSA) is 29.3 Å². The van der Waals surface area contributed by atoms with Gasteiger partial charge in [0.1, 0.15) is 23.0 Å². The quantitative estimate of drug-likeness (QED) is 0.718. The van der Waals surface area contributed by atoms with E-state index in [1.807, 2.05) is 6.07 Å². The van der Waals surface area contributed by atoms with E-state index in [1.54, 1.807) is 12.1 Å². The number of hydrogen-bond acceptors (Lipinski definition) is 2. The van der Waals surface area contributed by atoms with E-state index in [0.29, 0.717) is 6.04 Å². The van der Waals surface area contributed by atoms with Gasteiger partial charge < -0.3 is 5.32 Å². The van der Waals surface area contributed by atoms with E-state index < -0.39 is 0 Å². The van der Waals surface area contributed by atoms with Gasteiger partial charge in [-0.1, -0.05) is 25.3 Å². The number of anilines is 1. The first-order chi connectivity index (χ1) is 11.7. The van der Waals surface area contributed by atoms with Crippen molar-refractivity contribution in [1.29, 1.82) is 0 Å². The minimum absolute atomic E-state index is 0.222. The van der Waals surface area contributed by atoms with Gasteiger partial charge in [-0.2, -0.15) is 0 Å². The molecule has 3 nitrogen and oxygen atoms in total. The second-order valence-electron chi connectivity index (χ2n) is 6.73.